The lowest BCUT2D eigenvalue weighted by molar-refractivity contribution is 1.25. The molecule has 0 unspecified atom stereocenters. The largest absolute Gasteiger partial charge is 0.311 e. The summed E-state index contributed by atoms with van der Waals surface area (Å²) in [6.45, 7) is -0.0336. The van der Waals surface area contributed by atoms with E-state index in [0.717, 1.165) is 11.4 Å². The van der Waals surface area contributed by atoms with Crippen molar-refractivity contribution in [2.75, 3.05) is 9.80 Å². The van der Waals surface area contributed by atoms with E-state index in [1.165, 1.54) is 83.6 Å². The lowest BCUT2D eigenvalue weighted by Gasteiger charge is -2.45. The van der Waals surface area contributed by atoms with Gasteiger partial charge in [-0.1, -0.05) is 176 Å². The van der Waals surface area contributed by atoms with Gasteiger partial charge in [0.05, 0.1) is 0 Å². The monoisotopic (exact) mass is 724 g/mol. The molecule has 9 aromatic rings. The van der Waals surface area contributed by atoms with Crippen LogP contribution in [0.1, 0.15) is 0 Å². The van der Waals surface area contributed by atoms with Crippen LogP contribution in [0.2, 0.25) is 0 Å². The highest BCUT2D eigenvalue weighted by Crippen LogP contribution is 2.46. The van der Waals surface area contributed by atoms with Crippen LogP contribution in [0.25, 0.3) is 44.5 Å². The molecular formula is C54H37BN2. The van der Waals surface area contributed by atoms with E-state index in [4.69, 9.17) is 0 Å². The van der Waals surface area contributed by atoms with Crippen molar-refractivity contribution in [1.29, 1.82) is 0 Å². The Morgan fingerprint density at radius 3 is 0.895 bits per heavy atom. The second-order valence-corrected chi connectivity index (χ2v) is 14.8. The van der Waals surface area contributed by atoms with Gasteiger partial charge in [0.15, 0.2) is 0 Å². The first-order valence-corrected chi connectivity index (χ1v) is 19.7. The highest BCUT2D eigenvalue weighted by atomic mass is 15.2. The average molecular weight is 725 g/mol. The summed E-state index contributed by atoms with van der Waals surface area (Å²) in [6.07, 6.45) is 0. The molecule has 0 bridgehead atoms. The molecule has 0 fully saturated rings. The fourth-order valence-electron chi connectivity index (χ4n) is 9.18. The van der Waals surface area contributed by atoms with Crippen LogP contribution in [-0.2, 0) is 0 Å². The van der Waals surface area contributed by atoms with Crippen molar-refractivity contribution in [3.05, 3.63) is 224 Å². The van der Waals surface area contributed by atoms with Crippen molar-refractivity contribution >= 4 is 57.2 Å². The highest BCUT2D eigenvalue weighted by Gasteiger charge is 2.45. The number of benzene rings is 9. The summed E-state index contributed by atoms with van der Waals surface area (Å²) in [5.74, 6) is 0. The molecular weight excluding hydrogens is 687 g/mol. The Morgan fingerprint density at radius 1 is 0.228 bits per heavy atom. The van der Waals surface area contributed by atoms with Crippen LogP contribution < -0.4 is 26.2 Å². The molecule has 2 nitrogen and oxygen atoms in total. The minimum Gasteiger partial charge on any atom is -0.311 e. The van der Waals surface area contributed by atoms with Crippen molar-refractivity contribution in [1.82, 2.24) is 0 Å². The fraction of sp³-hybridized carbons (Fsp3) is 0. The van der Waals surface area contributed by atoms with Gasteiger partial charge in [0.2, 0.25) is 0 Å². The van der Waals surface area contributed by atoms with Crippen LogP contribution in [0, 0.1) is 0 Å². The first-order valence-electron chi connectivity index (χ1n) is 19.7. The number of anilines is 6. The van der Waals surface area contributed by atoms with E-state index in [2.05, 4.69) is 234 Å². The van der Waals surface area contributed by atoms with Gasteiger partial charge in [-0.2, -0.15) is 0 Å². The maximum atomic E-state index is 2.50. The number of rotatable bonds is 6. The van der Waals surface area contributed by atoms with E-state index < -0.39 is 0 Å². The van der Waals surface area contributed by atoms with Crippen molar-refractivity contribution in [2.24, 2.45) is 0 Å². The Morgan fingerprint density at radius 2 is 0.526 bits per heavy atom. The molecule has 0 saturated heterocycles. The SMILES string of the molecule is c1ccc(-c2ccc(N3c4cccc(-c5ccccc5)c4B4c5c(-c6ccccc6)cccc5N(c5ccc(-c6ccccc6)cc5)c5cccc3c54)cc2)cc1. The molecule has 0 radical (unpaired) electrons. The molecule has 11 rings (SSSR count). The number of hydrogen-bond acceptors (Lipinski definition) is 2. The van der Waals surface area contributed by atoms with Gasteiger partial charge in [0.1, 0.15) is 0 Å². The lowest BCUT2D eigenvalue weighted by Crippen LogP contribution is -2.62. The minimum atomic E-state index is -0.0336. The molecule has 57 heavy (non-hydrogen) atoms. The molecule has 2 heterocycles. The molecule has 0 N–H and O–H groups in total. The van der Waals surface area contributed by atoms with Gasteiger partial charge in [-0.25, -0.2) is 0 Å². The lowest BCUT2D eigenvalue weighted by atomic mass is 9.32. The molecule has 0 saturated carbocycles. The van der Waals surface area contributed by atoms with E-state index in [1.807, 2.05) is 0 Å². The van der Waals surface area contributed by atoms with Crippen LogP contribution in [0.3, 0.4) is 0 Å². The van der Waals surface area contributed by atoms with Gasteiger partial charge in [-0.15, -0.1) is 0 Å². The first-order chi connectivity index (χ1) is 28.3. The van der Waals surface area contributed by atoms with E-state index in [9.17, 15) is 0 Å². The molecule has 9 aromatic carbocycles. The predicted molar refractivity (Wildman–Crippen MR) is 242 cm³/mol. The standard InChI is InChI=1S/C54H37BN2/c1-5-16-38(17-6-1)40-30-34-44(35-31-40)56-48-26-13-24-46(42-20-9-3-10-21-42)52(48)55-53-47(43-22-11-4-12-23-43)25-14-27-49(53)57(51-29-15-28-50(56)54(51)55)45-36-32-41(33-37-45)39-18-7-2-8-19-39/h1-37H. The molecule has 0 aromatic heterocycles. The van der Waals surface area contributed by atoms with Crippen molar-refractivity contribution in [3.8, 4) is 44.5 Å². The maximum absolute atomic E-state index is 2.50. The molecule has 0 aliphatic carbocycles. The van der Waals surface area contributed by atoms with Crippen LogP contribution in [0.4, 0.5) is 34.1 Å². The van der Waals surface area contributed by atoms with E-state index in [1.54, 1.807) is 0 Å². The summed E-state index contributed by atoms with van der Waals surface area (Å²) in [5, 5.41) is 0. The summed E-state index contributed by atoms with van der Waals surface area (Å²) in [7, 11) is 0. The second kappa shape index (κ2) is 13.7. The summed E-state index contributed by atoms with van der Waals surface area (Å²) in [4.78, 5) is 5.00. The number of fused-ring (bicyclic) bond motifs is 4. The smallest absolute Gasteiger partial charge is 0.253 e. The van der Waals surface area contributed by atoms with Gasteiger partial charge in [-0.05, 0) is 109 Å². The highest BCUT2D eigenvalue weighted by molar-refractivity contribution is 7.01. The second-order valence-electron chi connectivity index (χ2n) is 14.8. The Balaban J connectivity index is 1.20. The molecule has 266 valence electrons. The van der Waals surface area contributed by atoms with Crippen molar-refractivity contribution < 1.29 is 0 Å². The average Bonchev–Trinajstić information content (AvgIpc) is 3.30. The number of nitrogens with zero attached hydrogens (tertiary/aromatic N) is 2. The molecule has 0 atom stereocenters. The molecule has 0 amide bonds. The summed E-state index contributed by atoms with van der Waals surface area (Å²) >= 11 is 0. The van der Waals surface area contributed by atoms with Crippen LogP contribution in [0.5, 0.6) is 0 Å². The minimum absolute atomic E-state index is 0.0336. The fourth-order valence-corrected chi connectivity index (χ4v) is 9.18. The maximum Gasteiger partial charge on any atom is 0.253 e. The zero-order valence-corrected chi connectivity index (χ0v) is 31.3. The molecule has 0 spiro atoms. The molecule has 3 heteroatoms. The summed E-state index contributed by atoms with van der Waals surface area (Å²) in [6, 6.07) is 81.9. The summed E-state index contributed by atoms with van der Waals surface area (Å²) < 4.78 is 0. The quantitative estimate of drug-likeness (QED) is 0.158. The summed E-state index contributed by atoms with van der Waals surface area (Å²) in [5.41, 5.74) is 20.8. The van der Waals surface area contributed by atoms with Gasteiger partial charge >= 0.3 is 0 Å². The predicted octanol–water partition coefficient (Wildman–Crippen LogP) is 12.4. The van der Waals surface area contributed by atoms with E-state index in [-0.39, 0.29) is 6.71 Å². The zero-order chi connectivity index (χ0) is 37.7. The third-order valence-corrected chi connectivity index (χ3v) is 11.7. The normalized spacial score (nSPS) is 12.5. The van der Waals surface area contributed by atoms with Gasteiger partial charge in [-0.3, -0.25) is 0 Å². The van der Waals surface area contributed by atoms with Gasteiger partial charge in [0.25, 0.3) is 6.71 Å². The van der Waals surface area contributed by atoms with Crippen LogP contribution in [0.15, 0.2) is 224 Å². The zero-order valence-electron chi connectivity index (χ0n) is 31.3. The Bertz CT molecular complexity index is 2680. The topological polar surface area (TPSA) is 6.48 Å². The van der Waals surface area contributed by atoms with Crippen molar-refractivity contribution in [2.45, 2.75) is 0 Å². The molecule has 2 aliphatic heterocycles. The van der Waals surface area contributed by atoms with Gasteiger partial charge < -0.3 is 9.80 Å². The number of hydrogen-bond donors (Lipinski definition) is 0. The van der Waals surface area contributed by atoms with E-state index in [0.29, 0.717) is 0 Å². The van der Waals surface area contributed by atoms with Crippen LogP contribution in [-0.4, -0.2) is 6.71 Å². The Hall–Kier alpha value is -7.36. The Labute approximate surface area is 334 Å². The molecule has 2 aliphatic rings. The van der Waals surface area contributed by atoms with Gasteiger partial charge in [0, 0.05) is 34.1 Å². The third-order valence-electron chi connectivity index (χ3n) is 11.7. The van der Waals surface area contributed by atoms with E-state index >= 15 is 0 Å². The van der Waals surface area contributed by atoms with Crippen LogP contribution >= 0.6 is 0 Å². The third kappa shape index (κ3) is 5.51. The first kappa shape index (κ1) is 33.0. The van der Waals surface area contributed by atoms with Crippen molar-refractivity contribution in [3.63, 3.8) is 0 Å². The Kier molecular flexibility index (Phi) is 7.96.